The summed E-state index contributed by atoms with van der Waals surface area (Å²) in [7, 11) is -4.64. The number of unbranched alkanes of at least 4 members (excludes halogenated alkanes) is 1. The zero-order chi connectivity index (χ0) is 66.1. The van der Waals surface area contributed by atoms with E-state index < -0.39 is 41.5 Å². The summed E-state index contributed by atoms with van der Waals surface area (Å²) in [5.41, 5.74) is 7.76. The van der Waals surface area contributed by atoms with Gasteiger partial charge in [-0.05, 0) is 91.1 Å². The van der Waals surface area contributed by atoms with Crippen LogP contribution in [0.25, 0.3) is 33.4 Å². The number of methoxy groups -OCH3 is 3. The van der Waals surface area contributed by atoms with Crippen LogP contribution in [-0.4, -0.2) is 130 Å². The number of phenolic OH excluding ortho intramolecular Hbond substituents is 2. The third kappa shape index (κ3) is 25.5. The maximum absolute atomic E-state index is 11.5. The fraction of sp³-hybridized carbons (Fsp3) is 0.373. The molecular formula is C67H84N6O17S2+2. The first-order valence-corrected chi connectivity index (χ1v) is 32.5. The Labute approximate surface area is 539 Å². The number of rotatable bonds is 35. The molecule has 8 aromatic rings. The van der Waals surface area contributed by atoms with Gasteiger partial charge in [-0.1, -0.05) is 25.5 Å². The average Bonchev–Trinajstić information content (AvgIpc) is 0.883. The van der Waals surface area contributed by atoms with Gasteiger partial charge in [0.1, 0.15) is 56.5 Å². The second-order valence-corrected chi connectivity index (χ2v) is 23.6. The molecule has 0 amide bonds. The quantitative estimate of drug-likeness (QED) is 0.0229. The number of aromatic hydroxyl groups is 2. The Kier molecular flexibility index (Phi) is 31.2. The Hall–Kier alpha value is -7.60. The predicted octanol–water partition coefficient (Wildman–Crippen LogP) is 4.99. The van der Waals surface area contributed by atoms with Crippen LogP contribution in [0.4, 0.5) is 0 Å². The van der Waals surface area contributed by atoms with Crippen LogP contribution >= 0.6 is 0 Å². The maximum atomic E-state index is 11.5. The Morgan fingerprint density at radius 2 is 0.707 bits per heavy atom. The van der Waals surface area contributed by atoms with Gasteiger partial charge in [0.15, 0.2) is 62.7 Å². The monoisotopic (exact) mass is 1310 g/mol. The van der Waals surface area contributed by atoms with Crippen molar-refractivity contribution < 1.29 is 106 Å². The normalized spacial score (nSPS) is 11.4. The molecule has 0 saturated heterocycles. The van der Waals surface area contributed by atoms with Crippen molar-refractivity contribution in [3.05, 3.63) is 194 Å². The minimum atomic E-state index is -4.81. The lowest BCUT2D eigenvalue weighted by Gasteiger charge is -2.12. The zero-order valence-electron chi connectivity index (χ0n) is 53.0. The topological polar surface area (TPSA) is 261 Å². The molecule has 6 heterocycles. The van der Waals surface area contributed by atoms with Gasteiger partial charge in [0.2, 0.25) is 0 Å². The number of nitrogens with zero attached hydrogens (tertiary/aromatic N) is 6. The van der Waals surface area contributed by atoms with Crippen molar-refractivity contribution in [1.82, 2.24) is 0 Å². The van der Waals surface area contributed by atoms with Gasteiger partial charge in [0, 0.05) is 63.3 Å². The fourth-order valence-electron chi connectivity index (χ4n) is 8.72. The molecule has 2 aromatic carbocycles. The first-order chi connectivity index (χ1) is 44.4. The number of hydrogen-bond donors (Lipinski definition) is 2. The molecule has 0 atom stereocenters. The van der Waals surface area contributed by atoms with E-state index in [2.05, 4.69) is 31.2 Å². The van der Waals surface area contributed by atoms with Crippen LogP contribution in [0.5, 0.6) is 11.5 Å². The lowest BCUT2D eigenvalue weighted by atomic mass is 10.1. The summed E-state index contributed by atoms with van der Waals surface area (Å²) in [6.45, 7) is 14.5. The van der Waals surface area contributed by atoms with E-state index in [-0.39, 0.29) is 13.1 Å². The van der Waals surface area contributed by atoms with E-state index in [0.29, 0.717) is 115 Å². The molecule has 8 rings (SSSR count). The molecule has 0 bridgehead atoms. The molecule has 0 aliphatic carbocycles. The van der Waals surface area contributed by atoms with Crippen molar-refractivity contribution in [2.45, 2.75) is 83.4 Å². The molecule has 494 valence electrons. The minimum absolute atomic E-state index is 0.284. The van der Waals surface area contributed by atoms with Crippen LogP contribution in [0.3, 0.4) is 0 Å². The van der Waals surface area contributed by atoms with Crippen molar-refractivity contribution in [2.75, 3.05) is 94.0 Å². The molecule has 25 heteroatoms. The largest absolute Gasteiger partial charge is 0.744 e. The van der Waals surface area contributed by atoms with Gasteiger partial charge in [-0.2, -0.15) is 20.3 Å². The smallest absolute Gasteiger partial charge is 0.252 e. The first kappa shape index (κ1) is 73.5. The molecule has 0 radical (unpaired) electrons. The predicted molar refractivity (Wildman–Crippen MR) is 330 cm³/mol. The highest BCUT2D eigenvalue weighted by atomic mass is 32.2. The van der Waals surface area contributed by atoms with Crippen LogP contribution < -0.4 is 27.4 Å². The molecular weight excluding hydrogens is 1220 g/mol. The second-order valence-electron chi connectivity index (χ2n) is 20.9. The summed E-state index contributed by atoms with van der Waals surface area (Å²) < 4.78 is 128. The highest BCUT2D eigenvalue weighted by molar-refractivity contribution is 7.86. The number of hydrogen-bond acceptors (Lipinski definition) is 17. The van der Waals surface area contributed by atoms with Gasteiger partial charge in [0.25, 0.3) is 26.9 Å². The molecule has 0 spiro atoms. The number of benzene rings is 2. The summed E-state index contributed by atoms with van der Waals surface area (Å²) >= 11 is 0. The third-order valence-electron chi connectivity index (χ3n) is 13.7. The molecule has 92 heavy (non-hydrogen) atoms. The van der Waals surface area contributed by atoms with Crippen molar-refractivity contribution in [3.63, 3.8) is 0 Å². The Bertz CT molecular complexity index is 3440. The Morgan fingerprint density at radius 3 is 1.04 bits per heavy atom. The molecule has 6 aromatic heterocycles. The van der Waals surface area contributed by atoms with Crippen molar-refractivity contribution >= 4 is 20.2 Å². The maximum Gasteiger partial charge on any atom is 0.252 e. The van der Waals surface area contributed by atoms with Crippen molar-refractivity contribution in [3.8, 4) is 44.9 Å². The Morgan fingerprint density at radius 1 is 0.402 bits per heavy atom. The van der Waals surface area contributed by atoms with Gasteiger partial charge in [0.05, 0.1) is 75.9 Å². The highest BCUT2D eigenvalue weighted by Crippen LogP contribution is 2.29. The summed E-state index contributed by atoms with van der Waals surface area (Å²) in [6.07, 6.45) is 25.2. The highest BCUT2D eigenvalue weighted by Gasteiger charge is 2.17. The van der Waals surface area contributed by atoms with Gasteiger partial charge >= 0.3 is 0 Å². The van der Waals surface area contributed by atoms with E-state index in [1.807, 2.05) is 116 Å². The SMILES string of the molecule is CCCCOCCOC[n+]1c[c-]c(-c2cc[n+](COCCOCCOC)cc2)cc1.COCCOC[n+]1c[c-]c(-c2cc[n+](COCCOC)cc2)cc1.Cc1cc(C[n+]2ccc(-c3cc[n+](Cc4cc(C)c(O)c(S(=O)(=O)[O-])c4)cc3)cc2)cc(S(=O)(=O)[O-])c1O. The van der Waals surface area contributed by atoms with Gasteiger partial charge in [-0.25, -0.2) is 35.1 Å². The van der Waals surface area contributed by atoms with Crippen LogP contribution in [-0.2, 0) is 103 Å². The van der Waals surface area contributed by atoms with Gasteiger partial charge in [-0.3, -0.25) is 0 Å². The molecule has 0 unspecified atom stereocenters. The van der Waals surface area contributed by atoms with Crippen LogP contribution in [0, 0.1) is 26.0 Å². The summed E-state index contributed by atoms with van der Waals surface area (Å²) in [5.74, 6) is -1.08. The number of aromatic nitrogens is 6. The lowest BCUT2D eigenvalue weighted by Crippen LogP contribution is -2.35. The minimum Gasteiger partial charge on any atom is -0.744 e. The number of aryl methyl sites for hydroxylation is 2. The van der Waals surface area contributed by atoms with E-state index in [1.165, 1.54) is 26.0 Å². The molecule has 0 saturated carbocycles. The lowest BCUT2D eigenvalue weighted by molar-refractivity contribution is -0.733. The summed E-state index contributed by atoms with van der Waals surface area (Å²) in [6, 6.07) is 31.9. The van der Waals surface area contributed by atoms with Crippen LogP contribution in [0.1, 0.15) is 42.0 Å². The first-order valence-electron chi connectivity index (χ1n) is 29.7. The van der Waals surface area contributed by atoms with Crippen molar-refractivity contribution in [2.24, 2.45) is 0 Å². The van der Waals surface area contributed by atoms with Gasteiger partial charge in [-0.15, -0.1) is 23.3 Å². The standard InChI is InChI=1S/C26H24N2O8S2.C23H35N2O5.C18H25N2O4/c1-17-11-19(13-23(25(17)29)37(31,32)33)15-27-7-3-21(4-8-27)22-5-9-28(10-6-22)16-20-12-18(2)26(30)24(14-20)38(34,35)36;1-3-4-13-27-16-18-29-20-24-9-5-22(6-10-24)23-7-11-25(12-8-23)21-30-19-17-28-15-14-26-2;1-21-11-13-23-15-19-7-3-17(4-8-19)18-5-9-20(10-6-18)16-24-14-12-22-2/h3-14H,15-16H2,1-2H3,(H2-2,29,30,31,32,33,34,35,36);5,7-12H,3-4,13-21H2,1-2H3;3-5,7-10H,11-16H2,1-2H3/q;2*+1. The molecule has 0 aliphatic rings. The molecule has 0 aliphatic heterocycles. The number of pyridine rings is 6. The van der Waals surface area contributed by atoms with E-state index in [4.69, 9.17) is 42.6 Å². The van der Waals surface area contributed by atoms with E-state index in [1.54, 1.807) is 67.4 Å². The second kappa shape index (κ2) is 39.1. The molecule has 23 nitrogen and oxygen atoms in total. The van der Waals surface area contributed by atoms with Crippen molar-refractivity contribution in [1.29, 1.82) is 0 Å². The zero-order valence-corrected chi connectivity index (χ0v) is 54.6. The third-order valence-corrected chi connectivity index (χ3v) is 15.4. The van der Waals surface area contributed by atoms with E-state index in [0.717, 1.165) is 52.8 Å². The summed E-state index contributed by atoms with van der Waals surface area (Å²) in [4.78, 5) is -1.29. The van der Waals surface area contributed by atoms with E-state index in [9.17, 15) is 36.2 Å². The Balaban J connectivity index is 0.000000225. The average molecular weight is 1310 g/mol. The van der Waals surface area contributed by atoms with Crippen LogP contribution in [0.2, 0.25) is 0 Å². The molecule has 0 fully saturated rings. The number of ether oxygens (including phenoxy) is 9. The fourth-order valence-corrected chi connectivity index (χ4v) is 10.1. The summed E-state index contributed by atoms with van der Waals surface area (Å²) in [5, 5.41) is 19.8. The number of phenols is 2. The van der Waals surface area contributed by atoms with E-state index >= 15 is 0 Å². The molecule has 2 N–H and O–H groups in total. The van der Waals surface area contributed by atoms with Crippen LogP contribution in [0.15, 0.2) is 169 Å². The van der Waals surface area contributed by atoms with Gasteiger partial charge < -0.3 is 62.0 Å².